The van der Waals surface area contributed by atoms with Crippen molar-refractivity contribution >= 4 is 0 Å². The molecule has 0 amide bonds. The average Bonchev–Trinajstić information content (AvgIpc) is 2.73. The molecule has 0 rings (SSSR count). The van der Waals surface area contributed by atoms with Crippen LogP contribution in [0.15, 0.2) is 60.8 Å². The molecule has 0 bridgehead atoms. The van der Waals surface area contributed by atoms with E-state index >= 15 is 0 Å². The molecule has 0 aromatic heterocycles. The minimum absolute atomic E-state index is 0.293. The van der Waals surface area contributed by atoms with E-state index in [1.807, 2.05) is 12.2 Å². The first-order valence-corrected chi connectivity index (χ1v) is 12.3. The van der Waals surface area contributed by atoms with Crippen LogP contribution in [-0.4, -0.2) is 22.4 Å². The van der Waals surface area contributed by atoms with Crippen LogP contribution >= 0.6 is 0 Å². The number of aliphatic hydroxyl groups is 2. The Morgan fingerprint density at radius 1 is 0.567 bits per heavy atom. The summed E-state index contributed by atoms with van der Waals surface area (Å²) < 4.78 is 0. The molecule has 0 aromatic rings. The van der Waals surface area contributed by atoms with Crippen molar-refractivity contribution < 1.29 is 10.2 Å². The molecule has 0 radical (unpaired) electrons. The molecule has 0 saturated heterocycles. The number of hydrogen-bond donors (Lipinski definition) is 2. The highest BCUT2D eigenvalue weighted by Gasteiger charge is 1.99. The summed E-state index contributed by atoms with van der Waals surface area (Å²) in [6.45, 7) is 4.33. The maximum Gasteiger partial charge on any atom is 0.0902 e. The van der Waals surface area contributed by atoms with Crippen molar-refractivity contribution in [2.24, 2.45) is 0 Å². The summed E-state index contributed by atoms with van der Waals surface area (Å²) in [6.07, 6.45) is 35.9. The highest BCUT2D eigenvalue weighted by atomic mass is 16.3. The molecule has 0 aliphatic carbocycles. The summed E-state index contributed by atoms with van der Waals surface area (Å²) in [5.74, 6) is 0. The van der Waals surface area contributed by atoms with E-state index in [-0.39, 0.29) is 6.10 Å². The Hall–Kier alpha value is -1.38. The molecule has 2 heteroatoms. The molecule has 2 atom stereocenters. The topological polar surface area (TPSA) is 40.5 Å². The van der Waals surface area contributed by atoms with Gasteiger partial charge in [0.05, 0.1) is 12.2 Å². The van der Waals surface area contributed by atoms with Gasteiger partial charge in [-0.15, -0.1) is 0 Å². The Labute approximate surface area is 187 Å². The van der Waals surface area contributed by atoms with E-state index in [0.29, 0.717) is 6.42 Å². The lowest BCUT2D eigenvalue weighted by molar-refractivity contribution is 0.166. The molecule has 0 aliphatic heterocycles. The second kappa shape index (κ2) is 23.9. The lowest BCUT2D eigenvalue weighted by atomic mass is 10.1. The second-order valence-corrected chi connectivity index (χ2v) is 8.06. The molecular weight excluding hydrogens is 368 g/mol. The Kier molecular flexibility index (Phi) is 22.8. The fourth-order valence-electron chi connectivity index (χ4n) is 3.16. The quantitative estimate of drug-likeness (QED) is 0.156. The van der Waals surface area contributed by atoms with Gasteiger partial charge in [-0.3, -0.25) is 0 Å². The molecule has 0 aromatic carbocycles. The van der Waals surface area contributed by atoms with Crippen LogP contribution in [0.25, 0.3) is 0 Å². The van der Waals surface area contributed by atoms with Crippen molar-refractivity contribution in [2.75, 3.05) is 0 Å². The zero-order chi connectivity index (χ0) is 22.1. The smallest absolute Gasteiger partial charge is 0.0902 e. The molecule has 30 heavy (non-hydrogen) atoms. The monoisotopic (exact) mass is 416 g/mol. The molecule has 2 nitrogen and oxygen atoms in total. The summed E-state index contributed by atoms with van der Waals surface area (Å²) in [7, 11) is 0. The van der Waals surface area contributed by atoms with Crippen LogP contribution < -0.4 is 0 Å². The predicted molar refractivity (Wildman–Crippen MR) is 134 cm³/mol. The lowest BCUT2D eigenvalue weighted by Crippen LogP contribution is -2.04. The molecular formula is C28H48O2. The first-order valence-electron chi connectivity index (χ1n) is 12.3. The van der Waals surface area contributed by atoms with Gasteiger partial charge in [0.2, 0.25) is 0 Å². The Balaban J connectivity index is 3.59. The Morgan fingerprint density at radius 2 is 1.10 bits per heavy atom. The first kappa shape index (κ1) is 28.6. The zero-order valence-electron chi connectivity index (χ0n) is 19.7. The van der Waals surface area contributed by atoms with E-state index < -0.39 is 6.10 Å². The van der Waals surface area contributed by atoms with Crippen molar-refractivity contribution in [3.8, 4) is 0 Å². The van der Waals surface area contributed by atoms with E-state index in [0.717, 1.165) is 32.1 Å². The maximum atomic E-state index is 9.83. The standard InChI is InChI=1S/C28H48O2/c1-3-5-6-7-8-9-10-11-12-13-14-15-16-17-18-19-20-21-24-28(30)26-22-25-27(29)23-4-2/h12-13,15-16,18-19,21-22,24,26-30H,3-11,14,17,20,23,25H2,1-2H3/b13-12-,16-15-,19-18-,24-21-,26-22-. The van der Waals surface area contributed by atoms with Crippen molar-refractivity contribution in [3.05, 3.63) is 60.8 Å². The summed E-state index contributed by atoms with van der Waals surface area (Å²) in [6, 6.07) is 0. The summed E-state index contributed by atoms with van der Waals surface area (Å²) in [5, 5.41) is 19.5. The van der Waals surface area contributed by atoms with Gasteiger partial charge < -0.3 is 10.2 Å². The van der Waals surface area contributed by atoms with Crippen molar-refractivity contribution in [1.29, 1.82) is 0 Å². The summed E-state index contributed by atoms with van der Waals surface area (Å²) in [4.78, 5) is 0. The van der Waals surface area contributed by atoms with Gasteiger partial charge in [0.25, 0.3) is 0 Å². The molecule has 0 fully saturated rings. The number of aliphatic hydroxyl groups excluding tert-OH is 2. The number of rotatable bonds is 20. The third kappa shape index (κ3) is 22.9. The van der Waals surface area contributed by atoms with Crippen LogP contribution in [0, 0.1) is 0 Å². The van der Waals surface area contributed by atoms with Crippen LogP contribution in [0.4, 0.5) is 0 Å². The normalized spacial score (nSPS) is 14.9. The Morgan fingerprint density at radius 3 is 1.73 bits per heavy atom. The van der Waals surface area contributed by atoms with Gasteiger partial charge in [-0.2, -0.15) is 0 Å². The van der Waals surface area contributed by atoms with Gasteiger partial charge in [0.15, 0.2) is 0 Å². The fourth-order valence-corrected chi connectivity index (χ4v) is 3.16. The third-order valence-electron chi connectivity index (χ3n) is 4.99. The molecule has 0 saturated carbocycles. The number of hydrogen-bond acceptors (Lipinski definition) is 2. The van der Waals surface area contributed by atoms with Gasteiger partial charge in [0.1, 0.15) is 0 Å². The largest absolute Gasteiger partial charge is 0.393 e. The minimum atomic E-state index is -0.569. The van der Waals surface area contributed by atoms with E-state index in [4.69, 9.17) is 0 Å². The molecule has 172 valence electrons. The number of unbranched alkanes of at least 4 members (excludes halogenated alkanes) is 7. The first-order chi connectivity index (χ1) is 14.7. The van der Waals surface area contributed by atoms with Gasteiger partial charge in [-0.25, -0.2) is 0 Å². The van der Waals surface area contributed by atoms with Crippen LogP contribution in [0.2, 0.25) is 0 Å². The van der Waals surface area contributed by atoms with E-state index in [1.54, 1.807) is 12.2 Å². The summed E-state index contributed by atoms with van der Waals surface area (Å²) >= 11 is 0. The van der Waals surface area contributed by atoms with Crippen LogP contribution in [-0.2, 0) is 0 Å². The van der Waals surface area contributed by atoms with Crippen LogP contribution in [0.1, 0.15) is 104 Å². The fraction of sp³-hybridized carbons (Fsp3) is 0.643. The highest BCUT2D eigenvalue weighted by molar-refractivity contribution is 5.05. The van der Waals surface area contributed by atoms with Gasteiger partial charge in [-0.1, -0.05) is 120 Å². The molecule has 0 aliphatic rings. The second-order valence-electron chi connectivity index (χ2n) is 8.06. The van der Waals surface area contributed by atoms with Crippen molar-refractivity contribution in [2.45, 2.75) is 116 Å². The maximum absolute atomic E-state index is 9.83. The minimum Gasteiger partial charge on any atom is -0.393 e. The average molecular weight is 417 g/mol. The zero-order valence-corrected chi connectivity index (χ0v) is 19.7. The van der Waals surface area contributed by atoms with Crippen LogP contribution in [0.5, 0.6) is 0 Å². The molecule has 2 N–H and O–H groups in total. The van der Waals surface area contributed by atoms with Gasteiger partial charge in [0, 0.05) is 0 Å². The number of allylic oxidation sites excluding steroid dienone is 7. The van der Waals surface area contributed by atoms with E-state index in [2.05, 4.69) is 50.3 Å². The van der Waals surface area contributed by atoms with E-state index in [1.165, 1.54) is 51.4 Å². The lowest BCUT2D eigenvalue weighted by Gasteiger charge is -2.04. The SMILES string of the molecule is CCCCCCCCC/C=C\C/C=C\C/C=C\C/C=C\C(O)/C=C\CC(O)CCC. The molecule has 0 spiro atoms. The molecule has 2 unspecified atom stereocenters. The van der Waals surface area contributed by atoms with E-state index in [9.17, 15) is 10.2 Å². The Bertz CT molecular complexity index is 485. The van der Waals surface area contributed by atoms with Gasteiger partial charge >= 0.3 is 0 Å². The van der Waals surface area contributed by atoms with Crippen molar-refractivity contribution in [1.82, 2.24) is 0 Å². The third-order valence-corrected chi connectivity index (χ3v) is 4.99. The van der Waals surface area contributed by atoms with Gasteiger partial charge in [-0.05, 0) is 44.9 Å². The highest BCUT2D eigenvalue weighted by Crippen LogP contribution is 2.09. The van der Waals surface area contributed by atoms with Crippen molar-refractivity contribution in [3.63, 3.8) is 0 Å². The predicted octanol–water partition coefficient (Wildman–Crippen LogP) is 7.99. The molecule has 0 heterocycles. The van der Waals surface area contributed by atoms with Crippen LogP contribution in [0.3, 0.4) is 0 Å². The summed E-state index contributed by atoms with van der Waals surface area (Å²) in [5.41, 5.74) is 0.